The number of hydrogen-bond donors (Lipinski definition) is 0. The summed E-state index contributed by atoms with van der Waals surface area (Å²) in [5.74, 6) is 2.48. The van der Waals surface area contributed by atoms with Gasteiger partial charge in [0.2, 0.25) is 0 Å². The maximum Gasteiger partial charge on any atom is 0.120 e. The fraction of sp³-hybridized carbons (Fsp3) is 0.333. The van der Waals surface area contributed by atoms with Gasteiger partial charge in [-0.25, -0.2) is 0 Å². The zero-order chi connectivity index (χ0) is 8.81. The first-order valence-electron chi connectivity index (χ1n) is 3.79. The molecule has 0 spiro atoms. The molecule has 1 heterocycles. The number of nitrogens with zero attached hydrogens (tertiary/aromatic N) is 2. The minimum Gasteiger partial charge on any atom is -0.303 e. The molecule has 0 aliphatic rings. The molecule has 62 valence electrons. The maximum atomic E-state index is 9.99. The summed E-state index contributed by atoms with van der Waals surface area (Å²) in [6, 6.07) is 0. The van der Waals surface area contributed by atoms with E-state index in [-0.39, 0.29) is 0 Å². The van der Waals surface area contributed by atoms with Gasteiger partial charge in [-0.3, -0.25) is 4.68 Å². The van der Waals surface area contributed by atoms with Crippen LogP contribution in [0.15, 0.2) is 12.4 Å². The molecule has 3 heteroatoms. The highest BCUT2D eigenvalue weighted by Crippen LogP contribution is 1.97. The van der Waals surface area contributed by atoms with Crippen molar-refractivity contribution in [3.63, 3.8) is 0 Å². The van der Waals surface area contributed by atoms with Crippen LogP contribution in [0.1, 0.15) is 18.4 Å². The molecular weight excluding hydrogens is 152 g/mol. The van der Waals surface area contributed by atoms with Crippen molar-refractivity contribution in [2.24, 2.45) is 0 Å². The average molecular weight is 162 g/mol. The summed E-state index contributed by atoms with van der Waals surface area (Å²) in [4.78, 5) is 9.99. The Morgan fingerprint density at radius 2 is 2.58 bits per heavy atom. The summed E-state index contributed by atoms with van der Waals surface area (Å²) >= 11 is 0. The van der Waals surface area contributed by atoms with E-state index in [0.717, 1.165) is 24.8 Å². The zero-order valence-corrected chi connectivity index (χ0v) is 6.73. The van der Waals surface area contributed by atoms with Gasteiger partial charge in [0.1, 0.15) is 6.29 Å². The van der Waals surface area contributed by atoms with Crippen LogP contribution >= 0.6 is 0 Å². The van der Waals surface area contributed by atoms with Gasteiger partial charge in [-0.2, -0.15) is 5.10 Å². The van der Waals surface area contributed by atoms with Gasteiger partial charge < -0.3 is 4.79 Å². The molecule has 0 aliphatic heterocycles. The standard InChI is InChI=1S/C9H10N2O/c1-2-9-7-10-11(8-9)5-3-4-6-12/h1,6-8H,3-5H2. The molecule has 0 aromatic carbocycles. The summed E-state index contributed by atoms with van der Waals surface area (Å²) in [6.07, 6.45) is 10.9. The van der Waals surface area contributed by atoms with Crippen LogP contribution in [0.2, 0.25) is 0 Å². The second kappa shape index (κ2) is 4.35. The first-order chi connectivity index (χ1) is 5.86. The van der Waals surface area contributed by atoms with Crippen molar-refractivity contribution in [3.8, 4) is 12.3 Å². The van der Waals surface area contributed by atoms with E-state index >= 15 is 0 Å². The van der Waals surface area contributed by atoms with E-state index in [1.54, 1.807) is 17.1 Å². The first kappa shape index (κ1) is 8.54. The molecular formula is C9H10N2O. The van der Waals surface area contributed by atoms with Gasteiger partial charge in [0.15, 0.2) is 0 Å². The van der Waals surface area contributed by atoms with E-state index in [9.17, 15) is 4.79 Å². The molecule has 0 fully saturated rings. The second-order valence-electron chi connectivity index (χ2n) is 2.45. The number of carbonyl (C=O) groups is 1. The fourth-order valence-electron chi connectivity index (χ4n) is 0.897. The molecule has 3 nitrogen and oxygen atoms in total. The van der Waals surface area contributed by atoms with E-state index < -0.39 is 0 Å². The highest BCUT2D eigenvalue weighted by Gasteiger charge is 1.94. The summed E-state index contributed by atoms with van der Waals surface area (Å²) < 4.78 is 1.75. The van der Waals surface area contributed by atoms with Crippen LogP contribution in [-0.4, -0.2) is 16.1 Å². The molecule has 0 N–H and O–H groups in total. The monoisotopic (exact) mass is 162 g/mol. The highest BCUT2D eigenvalue weighted by atomic mass is 16.1. The van der Waals surface area contributed by atoms with E-state index in [1.165, 1.54) is 0 Å². The molecule has 1 rings (SSSR count). The van der Waals surface area contributed by atoms with E-state index in [2.05, 4.69) is 11.0 Å². The minimum absolute atomic E-state index is 0.575. The Morgan fingerprint density at radius 3 is 3.17 bits per heavy atom. The van der Waals surface area contributed by atoms with Gasteiger partial charge in [-0.1, -0.05) is 5.92 Å². The lowest BCUT2D eigenvalue weighted by molar-refractivity contribution is -0.107. The summed E-state index contributed by atoms with van der Waals surface area (Å²) in [7, 11) is 0. The Hall–Kier alpha value is -1.56. The number of carbonyl (C=O) groups excluding carboxylic acids is 1. The van der Waals surface area contributed by atoms with E-state index in [4.69, 9.17) is 6.42 Å². The number of aromatic nitrogens is 2. The first-order valence-corrected chi connectivity index (χ1v) is 3.79. The zero-order valence-electron chi connectivity index (χ0n) is 6.73. The molecule has 12 heavy (non-hydrogen) atoms. The number of rotatable bonds is 4. The van der Waals surface area contributed by atoms with Crippen molar-refractivity contribution in [2.45, 2.75) is 19.4 Å². The fourth-order valence-corrected chi connectivity index (χ4v) is 0.897. The summed E-state index contributed by atoms with van der Waals surface area (Å²) in [5, 5.41) is 4.02. The minimum atomic E-state index is 0.575. The number of hydrogen-bond acceptors (Lipinski definition) is 2. The molecule has 0 unspecified atom stereocenters. The molecule has 0 saturated heterocycles. The Bertz CT molecular complexity index is 296. The smallest absolute Gasteiger partial charge is 0.120 e. The largest absolute Gasteiger partial charge is 0.303 e. The van der Waals surface area contributed by atoms with Crippen molar-refractivity contribution < 1.29 is 4.79 Å². The summed E-state index contributed by atoms with van der Waals surface area (Å²) in [5.41, 5.74) is 0.779. The Balaban J connectivity index is 2.43. The topological polar surface area (TPSA) is 34.9 Å². The van der Waals surface area contributed by atoms with Crippen LogP contribution < -0.4 is 0 Å². The third-order valence-corrected chi connectivity index (χ3v) is 1.51. The van der Waals surface area contributed by atoms with Crippen LogP contribution in [0.25, 0.3) is 0 Å². The van der Waals surface area contributed by atoms with Crippen molar-refractivity contribution in [2.75, 3.05) is 0 Å². The molecule has 0 bridgehead atoms. The molecule has 0 atom stereocenters. The van der Waals surface area contributed by atoms with Gasteiger partial charge in [-0.15, -0.1) is 6.42 Å². The number of terminal acetylenes is 1. The summed E-state index contributed by atoms with van der Waals surface area (Å²) in [6.45, 7) is 0.750. The Kier molecular flexibility index (Phi) is 3.09. The van der Waals surface area contributed by atoms with Crippen LogP contribution in [0.5, 0.6) is 0 Å². The van der Waals surface area contributed by atoms with E-state index in [1.807, 2.05) is 0 Å². The SMILES string of the molecule is C#Cc1cnn(CCCC=O)c1. The molecule has 1 aromatic heterocycles. The molecule has 0 radical (unpaired) electrons. The van der Waals surface area contributed by atoms with Gasteiger partial charge in [-0.05, 0) is 6.42 Å². The molecule has 1 aromatic rings. The number of aldehydes is 1. The lowest BCUT2D eigenvalue weighted by atomic mass is 10.3. The average Bonchev–Trinajstić information content (AvgIpc) is 2.53. The van der Waals surface area contributed by atoms with Crippen molar-refractivity contribution in [3.05, 3.63) is 18.0 Å². The number of unbranched alkanes of at least 4 members (excludes halogenated alkanes) is 1. The lowest BCUT2D eigenvalue weighted by Gasteiger charge is -1.95. The van der Waals surface area contributed by atoms with E-state index in [0.29, 0.717) is 6.42 Å². The molecule has 0 amide bonds. The normalized spacial score (nSPS) is 9.25. The lowest BCUT2D eigenvalue weighted by Crippen LogP contribution is -1.97. The predicted octanol–water partition coefficient (Wildman–Crippen LogP) is 0.844. The number of aryl methyl sites for hydroxylation is 1. The third-order valence-electron chi connectivity index (χ3n) is 1.51. The highest BCUT2D eigenvalue weighted by molar-refractivity contribution is 5.48. The van der Waals surface area contributed by atoms with Crippen LogP contribution in [0.3, 0.4) is 0 Å². The van der Waals surface area contributed by atoms with Crippen molar-refractivity contribution in [1.82, 2.24) is 9.78 Å². The second-order valence-corrected chi connectivity index (χ2v) is 2.45. The van der Waals surface area contributed by atoms with Gasteiger partial charge in [0.05, 0.1) is 11.8 Å². The van der Waals surface area contributed by atoms with Crippen LogP contribution in [0.4, 0.5) is 0 Å². The Labute approximate surface area is 71.4 Å². The predicted molar refractivity (Wildman–Crippen MR) is 45.5 cm³/mol. The molecule has 0 aliphatic carbocycles. The van der Waals surface area contributed by atoms with Gasteiger partial charge in [0, 0.05) is 19.2 Å². The maximum absolute atomic E-state index is 9.99. The van der Waals surface area contributed by atoms with Crippen LogP contribution in [0, 0.1) is 12.3 Å². The van der Waals surface area contributed by atoms with Crippen LogP contribution in [-0.2, 0) is 11.3 Å². The van der Waals surface area contributed by atoms with Crippen molar-refractivity contribution in [1.29, 1.82) is 0 Å². The molecule has 0 saturated carbocycles. The quantitative estimate of drug-likeness (QED) is 0.373. The van der Waals surface area contributed by atoms with Gasteiger partial charge >= 0.3 is 0 Å². The van der Waals surface area contributed by atoms with Crippen molar-refractivity contribution >= 4 is 6.29 Å². The van der Waals surface area contributed by atoms with Gasteiger partial charge in [0.25, 0.3) is 0 Å². The Morgan fingerprint density at radius 1 is 1.75 bits per heavy atom. The third kappa shape index (κ3) is 2.24.